The van der Waals surface area contributed by atoms with Crippen molar-refractivity contribution < 1.29 is 28.9 Å². The Morgan fingerprint density at radius 2 is 2.25 bits per heavy atom. The van der Waals surface area contributed by atoms with Gasteiger partial charge in [-0.25, -0.2) is 15.1 Å². The third-order valence-electron chi connectivity index (χ3n) is 3.49. The van der Waals surface area contributed by atoms with E-state index in [-0.39, 0.29) is 17.1 Å². The molecule has 0 saturated carbocycles. The SMILES string of the molecule is Nc1nc2c(ncn2[C@@H]2O[C@H](CO)[C@@H](OP(N)(=O)O)[C@H]2O)c(=O)[nH]1. The number of nitrogen functional groups attached to an aromatic ring is 1. The molecule has 2 aromatic heterocycles. The Bertz CT molecular complexity index is 861. The number of aromatic nitrogens is 4. The van der Waals surface area contributed by atoms with Crippen molar-refractivity contribution in [3.63, 3.8) is 0 Å². The average molecular weight is 362 g/mol. The van der Waals surface area contributed by atoms with Gasteiger partial charge >= 0.3 is 7.75 Å². The molecule has 3 rings (SSSR count). The number of nitrogens with one attached hydrogen (secondary N) is 1. The number of nitrogens with two attached hydrogens (primary N) is 2. The van der Waals surface area contributed by atoms with Crippen molar-refractivity contribution in [2.75, 3.05) is 12.3 Å². The van der Waals surface area contributed by atoms with Crippen LogP contribution in [0, 0.1) is 0 Å². The van der Waals surface area contributed by atoms with Crippen molar-refractivity contribution in [1.82, 2.24) is 19.5 Å². The molecular formula is C10H15N6O7P. The Balaban J connectivity index is 2.01. The first-order valence-electron chi connectivity index (χ1n) is 6.67. The number of ether oxygens (including phenoxy) is 1. The minimum atomic E-state index is -4.44. The highest BCUT2D eigenvalue weighted by atomic mass is 31.2. The molecule has 0 spiro atoms. The molecule has 0 bridgehead atoms. The van der Waals surface area contributed by atoms with Crippen molar-refractivity contribution in [1.29, 1.82) is 0 Å². The van der Waals surface area contributed by atoms with E-state index < -0.39 is 44.5 Å². The number of H-pyrrole nitrogens is 1. The van der Waals surface area contributed by atoms with E-state index in [1.54, 1.807) is 0 Å². The summed E-state index contributed by atoms with van der Waals surface area (Å²) in [6, 6.07) is 0. The van der Waals surface area contributed by atoms with Gasteiger partial charge in [-0.3, -0.25) is 18.9 Å². The van der Waals surface area contributed by atoms with Gasteiger partial charge in [0.25, 0.3) is 5.56 Å². The van der Waals surface area contributed by atoms with Crippen LogP contribution >= 0.6 is 7.75 Å². The largest absolute Gasteiger partial charge is 0.400 e. The monoisotopic (exact) mass is 362 g/mol. The molecular weight excluding hydrogens is 347 g/mol. The maximum Gasteiger partial charge on any atom is 0.400 e. The van der Waals surface area contributed by atoms with E-state index in [0.29, 0.717) is 0 Å². The highest BCUT2D eigenvalue weighted by molar-refractivity contribution is 7.50. The number of hydrogen-bond donors (Lipinski definition) is 6. The van der Waals surface area contributed by atoms with Crippen molar-refractivity contribution in [2.24, 2.45) is 5.50 Å². The predicted octanol–water partition coefficient (Wildman–Crippen LogP) is -2.60. The molecule has 1 aliphatic heterocycles. The number of nitrogens with zero attached hydrogens (tertiary/aromatic N) is 3. The zero-order valence-electron chi connectivity index (χ0n) is 12.0. The maximum atomic E-state index is 11.8. The van der Waals surface area contributed by atoms with E-state index in [0.717, 1.165) is 0 Å². The molecule has 1 unspecified atom stereocenters. The number of aromatic amines is 1. The summed E-state index contributed by atoms with van der Waals surface area (Å²) in [6.45, 7) is -0.610. The Labute approximate surface area is 133 Å². The third kappa shape index (κ3) is 2.93. The predicted molar refractivity (Wildman–Crippen MR) is 78.4 cm³/mol. The minimum Gasteiger partial charge on any atom is -0.394 e. The standard InChI is InChI=1S/C10H15N6O7P/c11-10-14-7-4(8(19)15-10)13-2-16(7)9-5(18)6(3(1-17)22-9)23-24(12,20)21/h2-3,5-6,9,17-18H,1H2,(H3,12,20,21)(H3,11,14,15,19)/t3-,5-,6-,9-/m1/s1. The molecule has 0 aromatic carbocycles. The van der Waals surface area contributed by atoms with Gasteiger partial charge in [-0.15, -0.1) is 0 Å². The summed E-state index contributed by atoms with van der Waals surface area (Å²) in [4.78, 5) is 31.0. The molecule has 1 saturated heterocycles. The van der Waals surface area contributed by atoms with E-state index in [1.807, 2.05) is 0 Å². The van der Waals surface area contributed by atoms with Crippen LogP contribution in [0.5, 0.6) is 0 Å². The zero-order chi connectivity index (χ0) is 17.6. The van der Waals surface area contributed by atoms with E-state index in [9.17, 15) is 19.6 Å². The van der Waals surface area contributed by atoms with Crippen LogP contribution in [0.15, 0.2) is 11.1 Å². The summed E-state index contributed by atoms with van der Waals surface area (Å²) in [7, 11) is -4.44. The van der Waals surface area contributed by atoms with Crippen LogP contribution in [0.4, 0.5) is 5.95 Å². The van der Waals surface area contributed by atoms with Gasteiger partial charge in [0.15, 0.2) is 17.4 Å². The fourth-order valence-electron chi connectivity index (χ4n) is 2.53. The lowest BCUT2D eigenvalue weighted by Gasteiger charge is -2.20. The van der Waals surface area contributed by atoms with Gasteiger partial charge in [0.1, 0.15) is 18.3 Å². The number of fused-ring (bicyclic) bond motifs is 1. The fourth-order valence-corrected chi connectivity index (χ4v) is 3.14. The summed E-state index contributed by atoms with van der Waals surface area (Å²) in [5.74, 6) is -0.171. The second kappa shape index (κ2) is 5.89. The van der Waals surface area contributed by atoms with Crippen LogP contribution in [0.3, 0.4) is 0 Å². The number of rotatable bonds is 4. The molecule has 8 N–H and O–H groups in total. The van der Waals surface area contributed by atoms with Crippen LogP contribution in [0.2, 0.25) is 0 Å². The highest BCUT2D eigenvalue weighted by Gasteiger charge is 2.48. The maximum absolute atomic E-state index is 11.8. The van der Waals surface area contributed by atoms with E-state index in [1.165, 1.54) is 10.9 Å². The van der Waals surface area contributed by atoms with Gasteiger partial charge in [0, 0.05) is 0 Å². The topological polar surface area (TPSA) is 212 Å². The second-order valence-corrected chi connectivity index (χ2v) is 6.49. The van der Waals surface area contributed by atoms with Gasteiger partial charge < -0.3 is 25.6 Å². The van der Waals surface area contributed by atoms with Crippen LogP contribution in [-0.2, 0) is 13.8 Å². The molecule has 13 nitrogen and oxygen atoms in total. The summed E-state index contributed by atoms with van der Waals surface area (Å²) < 4.78 is 22.6. The minimum absolute atomic E-state index is 0.0255. The molecule has 2 aromatic rings. The molecule has 5 atom stereocenters. The second-order valence-electron chi connectivity index (χ2n) is 5.15. The van der Waals surface area contributed by atoms with Gasteiger partial charge in [0.2, 0.25) is 5.95 Å². The molecule has 132 valence electrons. The first-order valence-corrected chi connectivity index (χ1v) is 8.32. The van der Waals surface area contributed by atoms with Crippen molar-refractivity contribution >= 4 is 24.9 Å². The molecule has 0 radical (unpaired) electrons. The number of anilines is 1. The van der Waals surface area contributed by atoms with Crippen molar-refractivity contribution in [2.45, 2.75) is 24.5 Å². The van der Waals surface area contributed by atoms with Crippen LogP contribution in [-0.4, -0.2) is 59.5 Å². The molecule has 1 aliphatic rings. The molecule has 0 amide bonds. The molecule has 3 heterocycles. The van der Waals surface area contributed by atoms with Gasteiger partial charge in [-0.05, 0) is 0 Å². The van der Waals surface area contributed by atoms with Crippen LogP contribution in [0.1, 0.15) is 6.23 Å². The zero-order valence-corrected chi connectivity index (χ0v) is 12.9. The first kappa shape index (κ1) is 17.0. The number of imidazole rings is 1. The lowest BCUT2D eigenvalue weighted by atomic mass is 10.1. The Morgan fingerprint density at radius 1 is 1.54 bits per heavy atom. The molecule has 14 heteroatoms. The smallest absolute Gasteiger partial charge is 0.394 e. The van der Waals surface area contributed by atoms with Crippen molar-refractivity contribution in [3.8, 4) is 0 Å². The normalized spacial score (nSPS) is 29.8. The molecule has 24 heavy (non-hydrogen) atoms. The Morgan fingerprint density at radius 3 is 2.88 bits per heavy atom. The van der Waals surface area contributed by atoms with Crippen LogP contribution < -0.4 is 16.8 Å². The van der Waals surface area contributed by atoms with Gasteiger partial charge in [0.05, 0.1) is 12.9 Å². The molecule has 1 fully saturated rings. The van der Waals surface area contributed by atoms with Crippen LogP contribution in [0.25, 0.3) is 11.2 Å². The summed E-state index contributed by atoms with van der Waals surface area (Å²) >= 11 is 0. The van der Waals surface area contributed by atoms with E-state index in [2.05, 4.69) is 15.0 Å². The lowest BCUT2D eigenvalue weighted by Crippen LogP contribution is -2.36. The quantitative estimate of drug-likeness (QED) is 0.310. The van der Waals surface area contributed by atoms with Gasteiger partial charge in [-0.2, -0.15) is 4.98 Å². The van der Waals surface area contributed by atoms with Gasteiger partial charge in [-0.1, -0.05) is 0 Å². The summed E-state index contributed by atoms with van der Waals surface area (Å²) in [6.07, 6.45) is -4.02. The average Bonchev–Trinajstić information content (AvgIpc) is 3.00. The first-order chi connectivity index (χ1) is 11.2. The fraction of sp³-hybridized carbons (Fsp3) is 0.500. The number of hydrogen-bond acceptors (Lipinski definition) is 9. The van der Waals surface area contributed by atoms with Crippen molar-refractivity contribution in [3.05, 3.63) is 16.7 Å². The highest BCUT2D eigenvalue weighted by Crippen LogP contribution is 2.41. The summed E-state index contributed by atoms with van der Waals surface area (Å²) in [5.41, 5.74) is 9.82. The molecule has 0 aliphatic carbocycles. The number of aliphatic hydroxyl groups excluding tert-OH is 2. The Kier molecular flexibility index (Phi) is 4.17. The lowest BCUT2D eigenvalue weighted by molar-refractivity contribution is -0.0505. The van der Waals surface area contributed by atoms with E-state index in [4.69, 9.17) is 25.4 Å². The number of aliphatic hydroxyl groups is 2. The third-order valence-corrected chi connectivity index (χ3v) is 4.03. The van der Waals surface area contributed by atoms with E-state index >= 15 is 0 Å². The summed E-state index contributed by atoms with van der Waals surface area (Å²) in [5, 5.41) is 19.7. The Hall–Kier alpha value is -1.86.